The molecule has 0 atom stereocenters. The molecule has 2 aromatic carbocycles. The molecule has 0 radical (unpaired) electrons. The van der Waals surface area contributed by atoms with Crippen molar-refractivity contribution in [3.8, 4) is 0 Å². The summed E-state index contributed by atoms with van der Waals surface area (Å²) >= 11 is 1.69. The summed E-state index contributed by atoms with van der Waals surface area (Å²) in [5, 5.41) is 4.24. The predicted octanol–water partition coefficient (Wildman–Crippen LogP) is 4.38. The van der Waals surface area contributed by atoms with Crippen molar-refractivity contribution in [2.45, 2.75) is 0 Å². The number of hydrogen-bond acceptors (Lipinski definition) is 3. The Morgan fingerprint density at radius 3 is 2.56 bits per heavy atom. The summed E-state index contributed by atoms with van der Waals surface area (Å²) in [5.41, 5.74) is 2.14. The number of nitrogens with one attached hydrogen (secondary N) is 1. The Hall–Kier alpha value is -2.13. The molecule has 0 unspecified atom stereocenters. The summed E-state index contributed by atoms with van der Waals surface area (Å²) in [6, 6.07) is 18.3. The Bertz CT molecular complexity index is 638. The van der Waals surface area contributed by atoms with Gasteiger partial charge in [-0.05, 0) is 30.3 Å². The van der Waals surface area contributed by atoms with Gasteiger partial charge in [-0.2, -0.15) is 0 Å². The third-order valence-electron chi connectivity index (χ3n) is 2.56. The highest BCUT2D eigenvalue weighted by Gasteiger charge is 1.98. The van der Waals surface area contributed by atoms with Gasteiger partial charge in [0, 0.05) is 11.9 Å². The predicted molar refractivity (Wildman–Crippen MR) is 78.7 cm³/mol. The molecule has 0 fully saturated rings. The first kappa shape index (κ1) is 11.0. The molecule has 0 saturated heterocycles. The molecule has 2 nitrogen and oxygen atoms in total. The van der Waals surface area contributed by atoms with E-state index in [-0.39, 0.29) is 0 Å². The second-order valence-corrected chi connectivity index (χ2v) is 4.93. The number of hydrogen-bond donors (Lipinski definition) is 1. The Kier molecular flexibility index (Phi) is 3.07. The second kappa shape index (κ2) is 5.02. The fourth-order valence-corrected chi connectivity index (χ4v) is 2.58. The normalized spacial score (nSPS) is 11.1. The van der Waals surface area contributed by atoms with Gasteiger partial charge < -0.3 is 5.32 Å². The van der Waals surface area contributed by atoms with Gasteiger partial charge in [0.1, 0.15) is 5.01 Å². The lowest BCUT2D eigenvalue weighted by molar-refractivity contribution is 1.46. The van der Waals surface area contributed by atoms with Crippen LogP contribution in [0.15, 0.2) is 60.8 Å². The summed E-state index contributed by atoms with van der Waals surface area (Å²) in [7, 11) is 0. The van der Waals surface area contributed by atoms with Crippen molar-refractivity contribution in [3.05, 3.63) is 65.8 Å². The van der Waals surface area contributed by atoms with Crippen LogP contribution in [0.2, 0.25) is 0 Å². The van der Waals surface area contributed by atoms with E-state index in [1.807, 2.05) is 60.8 Å². The average molecular weight is 252 g/mol. The number of fused-ring (bicyclic) bond motifs is 1. The van der Waals surface area contributed by atoms with Crippen molar-refractivity contribution < 1.29 is 0 Å². The number of para-hydroxylation sites is 2. The Balaban J connectivity index is 1.76. The van der Waals surface area contributed by atoms with E-state index >= 15 is 0 Å². The van der Waals surface area contributed by atoms with Crippen LogP contribution in [0.4, 0.5) is 5.69 Å². The van der Waals surface area contributed by atoms with Crippen LogP contribution in [0.25, 0.3) is 16.3 Å². The van der Waals surface area contributed by atoms with Gasteiger partial charge in [0.25, 0.3) is 0 Å². The van der Waals surface area contributed by atoms with Gasteiger partial charge in [-0.1, -0.05) is 30.3 Å². The fourth-order valence-electron chi connectivity index (χ4n) is 1.70. The smallest absolute Gasteiger partial charge is 0.118 e. The molecule has 1 N–H and O–H groups in total. The van der Waals surface area contributed by atoms with E-state index in [4.69, 9.17) is 0 Å². The molecule has 1 heterocycles. The molecule has 1 aromatic heterocycles. The van der Waals surface area contributed by atoms with Gasteiger partial charge in [-0.15, -0.1) is 11.3 Å². The lowest BCUT2D eigenvalue weighted by Crippen LogP contribution is -1.85. The third kappa shape index (κ3) is 2.41. The third-order valence-corrected chi connectivity index (χ3v) is 3.56. The molecule has 0 aliphatic rings. The molecule has 0 spiro atoms. The van der Waals surface area contributed by atoms with Crippen molar-refractivity contribution >= 4 is 33.3 Å². The van der Waals surface area contributed by atoms with Crippen molar-refractivity contribution in [1.29, 1.82) is 0 Å². The van der Waals surface area contributed by atoms with Crippen molar-refractivity contribution in [3.63, 3.8) is 0 Å². The van der Waals surface area contributed by atoms with Gasteiger partial charge in [0.15, 0.2) is 0 Å². The zero-order valence-electron chi connectivity index (χ0n) is 9.71. The summed E-state index contributed by atoms with van der Waals surface area (Å²) in [4.78, 5) is 4.54. The molecule has 0 aliphatic heterocycles. The molecule has 3 heteroatoms. The quantitative estimate of drug-likeness (QED) is 0.748. The molecule has 0 bridgehead atoms. The van der Waals surface area contributed by atoms with Gasteiger partial charge in [0.05, 0.1) is 10.2 Å². The maximum atomic E-state index is 4.54. The first-order chi connectivity index (χ1) is 8.92. The second-order valence-electron chi connectivity index (χ2n) is 3.86. The van der Waals surface area contributed by atoms with Gasteiger partial charge in [-0.25, -0.2) is 4.98 Å². The number of anilines is 1. The highest BCUT2D eigenvalue weighted by Crippen LogP contribution is 2.22. The van der Waals surface area contributed by atoms with Crippen molar-refractivity contribution in [2.24, 2.45) is 0 Å². The number of benzene rings is 2. The van der Waals surface area contributed by atoms with Crippen LogP contribution in [0.3, 0.4) is 0 Å². The monoisotopic (exact) mass is 252 g/mol. The maximum Gasteiger partial charge on any atom is 0.118 e. The summed E-state index contributed by atoms with van der Waals surface area (Å²) < 4.78 is 1.22. The van der Waals surface area contributed by atoms with Gasteiger partial charge >= 0.3 is 0 Å². The van der Waals surface area contributed by atoms with Crippen LogP contribution < -0.4 is 5.32 Å². The molecular formula is C15H12N2S. The topological polar surface area (TPSA) is 24.9 Å². The Labute approximate surface area is 110 Å². The van der Waals surface area contributed by atoms with E-state index < -0.39 is 0 Å². The van der Waals surface area contributed by atoms with Crippen LogP contribution in [-0.4, -0.2) is 4.98 Å². The summed E-state index contributed by atoms with van der Waals surface area (Å²) in [5.74, 6) is 0. The molecule has 18 heavy (non-hydrogen) atoms. The Morgan fingerprint density at radius 2 is 1.72 bits per heavy atom. The van der Waals surface area contributed by atoms with E-state index in [0.717, 1.165) is 16.2 Å². The largest absolute Gasteiger partial charge is 0.362 e. The minimum absolute atomic E-state index is 1.01. The zero-order chi connectivity index (χ0) is 12.2. The van der Waals surface area contributed by atoms with Gasteiger partial charge in [-0.3, -0.25) is 0 Å². The van der Waals surface area contributed by atoms with E-state index in [2.05, 4.69) is 16.4 Å². The molecule has 0 saturated carbocycles. The maximum absolute atomic E-state index is 4.54. The Morgan fingerprint density at radius 1 is 0.944 bits per heavy atom. The van der Waals surface area contributed by atoms with E-state index in [0.29, 0.717) is 0 Å². The molecule has 3 rings (SSSR count). The number of aromatic nitrogens is 1. The minimum Gasteiger partial charge on any atom is -0.362 e. The standard InChI is InChI=1S/C15H12N2S/c1-2-6-12(7-3-1)16-11-10-15-17-13-8-4-5-9-14(13)18-15/h1-11,16H. The van der Waals surface area contributed by atoms with E-state index in [9.17, 15) is 0 Å². The molecule has 88 valence electrons. The van der Waals surface area contributed by atoms with E-state index in [1.165, 1.54) is 4.70 Å². The minimum atomic E-state index is 1.01. The van der Waals surface area contributed by atoms with Crippen LogP contribution >= 0.6 is 11.3 Å². The highest BCUT2D eigenvalue weighted by atomic mass is 32.1. The zero-order valence-corrected chi connectivity index (χ0v) is 10.5. The van der Waals surface area contributed by atoms with Crippen LogP contribution in [0.5, 0.6) is 0 Å². The van der Waals surface area contributed by atoms with Crippen molar-refractivity contribution in [1.82, 2.24) is 4.98 Å². The first-order valence-corrected chi connectivity index (χ1v) is 6.57. The van der Waals surface area contributed by atoms with Crippen LogP contribution in [0, 0.1) is 0 Å². The highest BCUT2D eigenvalue weighted by molar-refractivity contribution is 7.19. The summed E-state index contributed by atoms with van der Waals surface area (Å²) in [6.45, 7) is 0. The number of rotatable bonds is 3. The lowest BCUT2D eigenvalue weighted by atomic mass is 10.3. The fraction of sp³-hybridized carbons (Fsp3) is 0. The molecule has 3 aromatic rings. The summed E-state index contributed by atoms with van der Waals surface area (Å²) in [6.07, 6.45) is 3.92. The number of thiazole rings is 1. The number of nitrogens with zero attached hydrogens (tertiary/aromatic N) is 1. The first-order valence-electron chi connectivity index (χ1n) is 5.75. The lowest BCUT2D eigenvalue weighted by Gasteiger charge is -1.97. The van der Waals surface area contributed by atoms with Crippen LogP contribution in [-0.2, 0) is 0 Å². The molecule has 0 amide bonds. The van der Waals surface area contributed by atoms with E-state index in [1.54, 1.807) is 11.3 Å². The van der Waals surface area contributed by atoms with Gasteiger partial charge in [0.2, 0.25) is 0 Å². The molecule has 0 aliphatic carbocycles. The average Bonchev–Trinajstić information content (AvgIpc) is 2.82. The van der Waals surface area contributed by atoms with Crippen molar-refractivity contribution in [2.75, 3.05) is 5.32 Å². The SMILES string of the molecule is C(=Cc1nc2ccccc2s1)Nc1ccccc1. The van der Waals surface area contributed by atoms with Crippen LogP contribution in [0.1, 0.15) is 5.01 Å². The molecular weight excluding hydrogens is 240 g/mol.